The fraction of sp³-hybridized carbons (Fsp3) is 0.909. The molecule has 0 aliphatic heterocycles. The van der Waals surface area contributed by atoms with Crippen LogP contribution in [0.5, 0.6) is 0 Å². The summed E-state index contributed by atoms with van der Waals surface area (Å²) < 4.78 is 0. The zero-order chi connectivity index (χ0) is 12.0. The Bertz CT molecular complexity index is 296. The van der Waals surface area contributed by atoms with Gasteiger partial charge in [0.1, 0.15) is 0 Å². The van der Waals surface area contributed by atoms with Crippen molar-refractivity contribution in [2.75, 3.05) is 6.54 Å². The fourth-order valence-electron chi connectivity index (χ4n) is 1.81. The molecule has 0 radical (unpaired) electrons. The van der Waals surface area contributed by atoms with E-state index in [4.69, 9.17) is 0 Å². The molecule has 1 aromatic heterocycles. The summed E-state index contributed by atoms with van der Waals surface area (Å²) in [6.07, 6.45) is 3.25. The number of nitrogens with zero attached hydrogens (tertiary/aromatic N) is 4. The minimum absolute atomic E-state index is 0.462. The summed E-state index contributed by atoms with van der Waals surface area (Å²) in [5, 5.41) is 15.6. The molecule has 2 unspecified atom stereocenters. The van der Waals surface area contributed by atoms with Crippen molar-refractivity contribution in [1.29, 1.82) is 0 Å². The summed E-state index contributed by atoms with van der Waals surface area (Å²) >= 11 is 0. The zero-order valence-corrected chi connectivity index (χ0v) is 10.8. The van der Waals surface area contributed by atoms with Crippen LogP contribution in [0.4, 0.5) is 0 Å². The van der Waals surface area contributed by atoms with Gasteiger partial charge in [-0.05, 0) is 24.1 Å². The normalized spacial score (nSPS) is 15.0. The quantitative estimate of drug-likeness (QED) is 0.756. The summed E-state index contributed by atoms with van der Waals surface area (Å²) in [5.41, 5.74) is 0. The molecule has 0 aliphatic carbocycles. The molecule has 0 bridgehead atoms. The molecule has 16 heavy (non-hydrogen) atoms. The van der Waals surface area contributed by atoms with E-state index in [1.54, 1.807) is 7.05 Å². The number of aromatic nitrogens is 4. The largest absolute Gasteiger partial charge is 0.314 e. The smallest absolute Gasteiger partial charge is 0.176 e. The maximum atomic E-state index is 4.22. The summed E-state index contributed by atoms with van der Waals surface area (Å²) in [4.78, 5) is 1.52. The van der Waals surface area contributed by atoms with Crippen LogP contribution >= 0.6 is 0 Å². The van der Waals surface area contributed by atoms with Crippen LogP contribution in [-0.2, 0) is 13.5 Å². The topological polar surface area (TPSA) is 55.6 Å². The van der Waals surface area contributed by atoms with Gasteiger partial charge in [0.05, 0.1) is 7.05 Å². The van der Waals surface area contributed by atoms with E-state index in [0.29, 0.717) is 6.04 Å². The number of aryl methyl sites for hydroxylation is 1. The van der Waals surface area contributed by atoms with Gasteiger partial charge >= 0.3 is 0 Å². The second-order valence-corrected chi connectivity index (χ2v) is 4.40. The fourth-order valence-corrected chi connectivity index (χ4v) is 1.81. The van der Waals surface area contributed by atoms with Crippen LogP contribution in [0.1, 0.15) is 39.4 Å². The molecule has 2 atom stereocenters. The predicted octanol–water partition coefficient (Wildman–Crippen LogP) is 1.17. The Morgan fingerprint density at radius 1 is 1.38 bits per heavy atom. The van der Waals surface area contributed by atoms with Crippen LogP contribution in [0.3, 0.4) is 0 Å². The van der Waals surface area contributed by atoms with Crippen molar-refractivity contribution >= 4 is 0 Å². The van der Waals surface area contributed by atoms with Crippen molar-refractivity contribution < 1.29 is 0 Å². The first-order valence-corrected chi connectivity index (χ1v) is 6.11. The number of nitrogens with one attached hydrogen (secondary N) is 1. The van der Waals surface area contributed by atoms with Crippen LogP contribution < -0.4 is 5.32 Å². The number of tetrazole rings is 1. The van der Waals surface area contributed by atoms with Gasteiger partial charge in [-0.2, -0.15) is 4.80 Å². The summed E-state index contributed by atoms with van der Waals surface area (Å²) in [6.45, 7) is 7.64. The average molecular weight is 225 g/mol. The Morgan fingerprint density at radius 3 is 2.62 bits per heavy atom. The van der Waals surface area contributed by atoms with Crippen molar-refractivity contribution in [2.24, 2.45) is 13.0 Å². The van der Waals surface area contributed by atoms with Crippen molar-refractivity contribution in [2.45, 2.75) is 46.1 Å². The van der Waals surface area contributed by atoms with Gasteiger partial charge < -0.3 is 5.32 Å². The Balaban J connectivity index is 2.50. The lowest BCUT2D eigenvalue weighted by Crippen LogP contribution is -2.33. The molecule has 0 amide bonds. The van der Waals surface area contributed by atoms with Crippen LogP contribution in [0.15, 0.2) is 0 Å². The molecule has 5 nitrogen and oxygen atoms in total. The van der Waals surface area contributed by atoms with E-state index in [1.807, 2.05) is 0 Å². The molecule has 0 aliphatic rings. The Labute approximate surface area is 97.6 Å². The molecule has 92 valence electrons. The second-order valence-electron chi connectivity index (χ2n) is 4.40. The maximum absolute atomic E-state index is 4.22. The summed E-state index contributed by atoms with van der Waals surface area (Å²) in [5.74, 6) is 1.57. The lowest BCUT2D eigenvalue weighted by Gasteiger charge is -2.19. The van der Waals surface area contributed by atoms with Gasteiger partial charge in [0.2, 0.25) is 0 Å². The third-order valence-corrected chi connectivity index (χ3v) is 2.86. The SMILES string of the molecule is CCNC(Cc1nnn(C)n1)CC(C)CC. The third-order valence-electron chi connectivity index (χ3n) is 2.86. The average Bonchev–Trinajstić information content (AvgIpc) is 2.64. The number of rotatable bonds is 7. The molecule has 1 N–H and O–H groups in total. The number of likely N-dealkylation sites (N-methyl/N-ethyl adjacent to an activating group) is 1. The van der Waals surface area contributed by atoms with Crippen LogP contribution in [0, 0.1) is 5.92 Å². The van der Waals surface area contributed by atoms with E-state index >= 15 is 0 Å². The molecule has 0 aromatic carbocycles. The van der Waals surface area contributed by atoms with Crippen molar-refractivity contribution in [3.05, 3.63) is 5.82 Å². The number of hydrogen-bond donors (Lipinski definition) is 1. The highest BCUT2D eigenvalue weighted by Crippen LogP contribution is 2.12. The Kier molecular flexibility index (Phi) is 5.38. The second kappa shape index (κ2) is 6.58. The monoisotopic (exact) mass is 225 g/mol. The Hall–Kier alpha value is -0.970. The first-order chi connectivity index (χ1) is 7.65. The predicted molar refractivity (Wildman–Crippen MR) is 64.0 cm³/mol. The standard InChI is InChI=1S/C11H23N5/c1-5-9(3)7-10(12-6-2)8-11-13-15-16(4)14-11/h9-10,12H,5-8H2,1-4H3. The molecule has 0 spiro atoms. The van der Waals surface area contributed by atoms with E-state index in [-0.39, 0.29) is 0 Å². The highest BCUT2D eigenvalue weighted by atomic mass is 15.6. The minimum Gasteiger partial charge on any atom is -0.314 e. The third kappa shape index (κ3) is 4.26. The van der Waals surface area contributed by atoms with E-state index in [0.717, 1.165) is 24.7 Å². The van der Waals surface area contributed by atoms with Crippen molar-refractivity contribution in [3.63, 3.8) is 0 Å². The van der Waals surface area contributed by atoms with Gasteiger partial charge in [0, 0.05) is 12.5 Å². The van der Waals surface area contributed by atoms with Crippen LogP contribution in [0.25, 0.3) is 0 Å². The molecule has 1 rings (SSSR count). The van der Waals surface area contributed by atoms with Gasteiger partial charge in [-0.3, -0.25) is 0 Å². The molecule has 0 saturated carbocycles. The molecule has 1 heterocycles. The highest BCUT2D eigenvalue weighted by molar-refractivity contribution is 4.85. The highest BCUT2D eigenvalue weighted by Gasteiger charge is 2.14. The van der Waals surface area contributed by atoms with Crippen LogP contribution in [0.2, 0.25) is 0 Å². The van der Waals surface area contributed by atoms with Crippen molar-refractivity contribution in [3.8, 4) is 0 Å². The summed E-state index contributed by atoms with van der Waals surface area (Å²) in [7, 11) is 1.80. The lowest BCUT2D eigenvalue weighted by molar-refractivity contribution is 0.392. The lowest BCUT2D eigenvalue weighted by atomic mass is 9.97. The molecular formula is C11H23N5. The molecule has 1 aromatic rings. The molecule has 5 heteroatoms. The first-order valence-electron chi connectivity index (χ1n) is 6.11. The molecular weight excluding hydrogens is 202 g/mol. The minimum atomic E-state index is 0.462. The van der Waals surface area contributed by atoms with Gasteiger partial charge in [-0.25, -0.2) is 0 Å². The van der Waals surface area contributed by atoms with Gasteiger partial charge in [-0.1, -0.05) is 27.2 Å². The summed E-state index contributed by atoms with van der Waals surface area (Å²) in [6, 6.07) is 0.462. The van der Waals surface area contributed by atoms with E-state index in [2.05, 4.69) is 41.5 Å². The first kappa shape index (κ1) is 13.1. The van der Waals surface area contributed by atoms with Gasteiger partial charge in [-0.15, -0.1) is 10.2 Å². The zero-order valence-electron chi connectivity index (χ0n) is 10.8. The van der Waals surface area contributed by atoms with E-state index in [1.165, 1.54) is 17.6 Å². The van der Waals surface area contributed by atoms with E-state index < -0.39 is 0 Å². The van der Waals surface area contributed by atoms with E-state index in [9.17, 15) is 0 Å². The van der Waals surface area contributed by atoms with Crippen molar-refractivity contribution in [1.82, 2.24) is 25.5 Å². The maximum Gasteiger partial charge on any atom is 0.176 e. The van der Waals surface area contributed by atoms with Gasteiger partial charge in [0.25, 0.3) is 0 Å². The molecule has 0 saturated heterocycles. The number of hydrogen-bond acceptors (Lipinski definition) is 4. The van der Waals surface area contributed by atoms with Gasteiger partial charge in [0.15, 0.2) is 5.82 Å². The molecule has 0 fully saturated rings. The van der Waals surface area contributed by atoms with Crippen LogP contribution in [-0.4, -0.2) is 32.8 Å². The Morgan fingerprint density at radius 2 is 2.12 bits per heavy atom.